The zero-order valence-corrected chi connectivity index (χ0v) is 15.1. The monoisotopic (exact) mass is 350 g/mol. The van der Waals surface area contributed by atoms with E-state index in [1.54, 1.807) is 0 Å². The summed E-state index contributed by atoms with van der Waals surface area (Å²) >= 11 is 0. The number of aldehydes is 1. The zero-order chi connectivity index (χ0) is 18.8. The second kappa shape index (κ2) is 7.04. The molecule has 3 rings (SSSR count). The number of hydrogen-bond donors (Lipinski definition) is 2. The van der Waals surface area contributed by atoms with E-state index in [4.69, 9.17) is 0 Å². The van der Waals surface area contributed by atoms with Gasteiger partial charge in [0, 0.05) is 23.7 Å². The molecule has 0 radical (unpaired) electrons. The molecule has 2 aromatic carbocycles. The number of nitrogens with one attached hydrogen (secondary N) is 1. The molecule has 0 atom stereocenters. The van der Waals surface area contributed by atoms with Crippen molar-refractivity contribution >= 4 is 28.8 Å². The van der Waals surface area contributed by atoms with E-state index in [1.165, 1.54) is 0 Å². The van der Waals surface area contributed by atoms with Gasteiger partial charge in [-0.25, -0.2) is 4.79 Å². The molecular weight excluding hydrogens is 328 g/mol. The number of hydrogen-bond acceptors (Lipinski definition) is 3. The summed E-state index contributed by atoms with van der Waals surface area (Å²) in [5, 5.41) is 10.6. The second-order valence-electron chi connectivity index (χ2n) is 6.70. The van der Waals surface area contributed by atoms with Crippen LogP contribution in [0.2, 0.25) is 0 Å². The fraction of sp³-hybridized carbons (Fsp3) is 0.238. The maximum absolute atomic E-state index is 11.8. The van der Waals surface area contributed by atoms with Gasteiger partial charge in [-0.15, -0.1) is 0 Å². The van der Waals surface area contributed by atoms with Crippen LogP contribution in [0.15, 0.2) is 42.5 Å². The fourth-order valence-electron chi connectivity index (χ4n) is 3.28. The summed E-state index contributed by atoms with van der Waals surface area (Å²) in [5.41, 5.74) is 4.59. The highest BCUT2D eigenvalue weighted by Gasteiger charge is 2.20. The Balaban J connectivity index is 2.17. The zero-order valence-electron chi connectivity index (χ0n) is 15.1. The number of carbonyl (C=O) groups is 2. The van der Waals surface area contributed by atoms with Gasteiger partial charge in [0.15, 0.2) is 0 Å². The molecule has 5 nitrogen and oxygen atoms in total. The standard InChI is InChI=1S/C21H22N2O3/c1-13(2)16-5-4-6-17-18(20(21(25)26)22-19(16)17)14-7-9-15(10-8-14)23(3)11-12-24/h4-10,12-13,22H,11H2,1-3H3,(H,25,26). The van der Waals surface area contributed by atoms with Gasteiger partial charge in [-0.05, 0) is 29.2 Å². The summed E-state index contributed by atoms with van der Waals surface area (Å²) in [6.45, 7) is 4.49. The van der Waals surface area contributed by atoms with E-state index in [0.717, 1.165) is 34.0 Å². The highest BCUT2D eigenvalue weighted by Crippen LogP contribution is 2.36. The average Bonchev–Trinajstić information content (AvgIpc) is 3.01. The molecule has 26 heavy (non-hydrogen) atoms. The largest absolute Gasteiger partial charge is 0.477 e. The number of likely N-dealkylation sites (N-methyl/N-ethyl adjacent to an activating group) is 1. The van der Waals surface area contributed by atoms with E-state index in [0.29, 0.717) is 12.1 Å². The Morgan fingerprint density at radius 2 is 1.88 bits per heavy atom. The number of aromatic carboxylic acids is 1. The number of anilines is 1. The Morgan fingerprint density at radius 3 is 2.46 bits per heavy atom. The normalized spacial score (nSPS) is 11.1. The van der Waals surface area contributed by atoms with Crippen LogP contribution < -0.4 is 4.90 Å². The Kier molecular flexibility index (Phi) is 4.80. The van der Waals surface area contributed by atoms with Crippen molar-refractivity contribution in [2.45, 2.75) is 19.8 Å². The number of nitrogens with zero attached hydrogens (tertiary/aromatic N) is 1. The lowest BCUT2D eigenvalue weighted by Crippen LogP contribution is -2.18. The second-order valence-corrected chi connectivity index (χ2v) is 6.70. The maximum atomic E-state index is 11.8. The molecule has 0 fully saturated rings. The molecule has 1 heterocycles. The Hall–Kier alpha value is -3.08. The highest BCUT2D eigenvalue weighted by atomic mass is 16.4. The van der Waals surface area contributed by atoms with Crippen molar-refractivity contribution in [2.75, 3.05) is 18.5 Å². The molecular formula is C21H22N2O3. The number of H-pyrrole nitrogens is 1. The number of aromatic nitrogens is 1. The lowest BCUT2D eigenvalue weighted by molar-refractivity contribution is -0.106. The van der Waals surface area contributed by atoms with E-state index >= 15 is 0 Å². The van der Waals surface area contributed by atoms with Gasteiger partial charge in [-0.2, -0.15) is 0 Å². The molecule has 0 amide bonds. The first kappa shape index (κ1) is 17.7. The molecule has 0 aliphatic carbocycles. The summed E-state index contributed by atoms with van der Waals surface area (Å²) in [6.07, 6.45) is 0.851. The van der Waals surface area contributed by atoms with Crippen LogP contribution in [0.25, 0.3) is 22.0 Å². The molecule has 0 aliphatic rings. The number of carboxylic acids is 1. The van der Waals surface area contributed by atoms with Gasteiger partial charge < -0.3 is 19.8 Å². The highest BCUT2D eigenvalue weighted by molar-refractivity contribution is 6.08. The lowest BCUT2D eigenvalue weighted by atomic mass is 9.96. The molecule has 0 spiro atoms. The molecule has 134 valence electrons. The summed E-state index contributed by atoms with van der Waals surface area (Å²) in [7, 11) is 1.84. The van der Waals surface area contributed by atoms with E-state index in [9.17, 15) is 14.7 Å². The quantitative estimate of drug-likeness (QED) is 0.650. The maximum Gasteiger partial charge on any atom is 0.352 e. The number of carbonyl (C=O) groups excluding carboxylic acids is 1. The molecule has 5 heteroatoms. The number of para-hydroxylation sites is 1. The van der Waals surface area contributed by atoms with Gasteiger partial charge in [-0.3, -0.25) is 0 Å². The summed E-state index contributed by atoms with van der Waals surface area (Å²) in [5.74, 6) is -0.695. The van der Waals surface area contributed by atoms with Gasteiger partial charge in [0.25, 0.3) is 0 Å². The van der Waals surface area contributed by atoms with Crippen LogP contribution in [0.5, 0.6) is 0 Å². The average molecular weight is 350 g/mol. The van der Waals surface area contributed by atoms with Crippen molar-refractivity contribution in [3.05, 3.63) is 53.7 Å². The molecule has 0 saturated heterocycles. The number of benzene rings is 2. The predicted molar refractivity (Wildman–Crippen MR) is 104 cm³/mol. The lowest BCUT2D eigenvalue weighted by Gasteiger charge is -2.16. The van der Waals surface area contributed by atoms with Crippen LogP contribution in [0.3, 0.4) is 0 Å². The van der Waals surface area contributed by atoms with Gasteiger partial charge in [-0.1, -0.05) is 44.2 Å². The van der Waals surface area contributed by atoms with Crippen molar-refractivity contribution in [1.82, 2.24) is 4.98 Å². The van der Waals surface area contributed by atoms with Gasteiger partial charge in [0.1, 0.15) is 12.0 Å². The van der Waals surface area contributed by atoms with Crippen LogP contribution in [0.1, 0.15) is 35.8 Å². The minimum Gasteiger partial charge on any atom is -0.477 e. The first-order valence-corrected chi connectivity index (χ1v) is 8.57. The first-order valence-electron chi connectivity index (χ1n) is 8.57. The van der Waals surface area contributed by atoms with Crippen molar-refractivity contribution in [3.8, 4) is 11.1 Å². The summed E-state index contributed by atoms with van der Waals surface area (Å²) in [4.78, 5) is 27.5. The third-order valence-corrected chi connectivity index (χ3v) is 4.65. The third-order valence-electron chi connectivity index (χ3n) is 4.65. The third kappa shape index (κ3) is 3.08. The minimum atomic E-state index is -0.979. The number of aromatic amines is 1. The summed E-state index contributed by atoms with van der Waals surface area (Å²) < 4.78 is 0. The Morgan fingerprint density at radius 1 is 1.19 bits per heavy atom. The first-order chi connectivity index (χ1) is 12.4. The number of carboxylic acid groups (broad SMARTS) is 1. The molecule has 0 unspecified atom stereocenters. The molecule has 1 aromatic heterocycles. The van der Waals surface area contributed by atoms with Crippen molar-refractivity contribution in [3.63, 3.8) is 0 Å². The van der Waals surface area contributed by atoms with Crippen LogP contribution in [0.4, 0.5) is 5.69 Å². The van der Waals surface area contributed by atoms with E-state index in [1.807, 2.05) is 54.4 Å². The van der Waals surface area contributed by atoms with Crippen LogP contribution in [-0.2, 0) is 4.79 Å². The molecule has 0 saturated carbocycles. The van der Waals surface area contributed by atoms with Crippen molar-refractivity contribution in [1.29, 1.82) is 0 Å². The smallest absolute Gasteiger partial charge is 0.352 e. The van der Waals surface area contributed by atoms with Crippen molar-refractivity contribution in [2.24, 2.45) is 0 Å². The molecule has 2 N–H and O–H groups in total. The Bertz CT molecular complexity index is 955. The fourth-order valence-corrected chi connectivity index (χ4v) is 3.28. The topological polar surface area (TPSA) is 73.4 Å². The van der Waals surface area contributed by atoms with Crippen molar-refractivity contribution < 1.29 is 14.7 Å². The van der Waals surface area contributed by atoms with E-state index in [2.05, 4.69) is 18.8 Å². The van der Waals surface area contributed by atoms with Crippen LogP contribution in [0, 0.1) is 0 Å². The van der Waals surface area contributed by atoms with Gasteiger partial charge in [0.05, 0.1) is 12.1 Å². The van der Waals surface area contributed by atoms with Gasteiger partial charge >= 0.3 is 5.97 Å². The number of fused-ring (bicyclic) bond motifs is 1. The predicted octanol–water partition coefficient (Wildman–Crippen LogP) is 4.29. The molecule has 3 aromatic rings. The summed E-state index contributed by atoms with van der Waals surface area (Å²) in [6, 6.07) is 13.5. The van der Waals surface area contributed by atoms with E-state index < -0.39 is 5.97 Å². The van der Waals surface area contributed by atoms with Gasteiger partial charge in [0.2, 0.25) is 0 Å². The molecule has 0 bridgehead atoms. The Labute approximate surface area is 152 Å². The number of rotatable bonds is 6. The SMILES string of the molecule is CC(C)c1cccc2c(-c3ccc(N(C)CC=O)cc3)c(C(=O)O)[nH]c12. The van der Waals surface area contributed by atoms with Crippen LogP contribution in [-0.4, -0.2) is 35.9 Å². The van der Waals surface area contributed by atoms with E-state index in [-0.39, 0.29) is 11.6 Å². The minimum absolute atomic E-state index is 0.196. The van der Waals surface area contributed by atoms with Crippen LogP contribution >= 0.6 is 0 Å². The molecule has 0 aliphatic heterocycles.